The summed E-state index contributed by atoms with van der Waals surface area (Å²) in [6, 6.07) is 7.38. The van der Waals surface area contributed by atoms with Gasteiger partial charge in [-0.1, -0.05) is 63.0 Å². The van der Waals surface area contributed by atoms with Crippen molar-refractivity contribution in [2.24, 2.45) is 5.92 Å². The van der Waals surface area contributed by atoms with Gasteiger partial charge >= 0.3 is 6.09 Å². The third kappa shape index (κ3) is 9.21. The highest BCUT2D eigenvalue weighted by Gasteiger charge is 2.29. The number of hydrogen-bond acceptors (Lipinski definition) is 6. The number of carbonyl (C=O) groups is 1. The lowest BCUT2D eigenvalue weighted by Crippen LogP contribution is -2.42. The van der Waals surface area contributed by atoms with E-state index < -0.39 is 11.7 Å². The average Bonchev–Trinajstić information content (AvgIpc) is 2.77. The van der Waals surface area contributed by atoms with Gasteiger partial charge in [0.15, 0.2) is 5.82 Å². The predicted octanol–water partition coefficient (Wildman–Crippen LogP) is 6.86. The zero-order valence-electron chi connectivity index (χ0n) is 22.6. The van der Waals surface area contributed by atoms with E-state index in [0.29, 0.717) is 39.9 Å². The molecule has 0 unspecified atom stereocenters. The molecule has 0 aliphatic heterocycles. The number of benzene rings is 1. The summed E-state index contributed by atoms with van der Waals surface area (Å²) in [6.45, 7) is 16.5. The molecule has 0 fully saturated rings. The number of carbonyl (C=O) groups excluding carboxylic acids is 1. The second-order valence-electron chi connectivity index (χ2n) is 10.7. The highest BCUT2D eigenvalue weighted by molar-refractivity contribution is 6.34. The van der Waals surface area contributed by atoms with Crippen LogP contribution in [0.1, 0.15) is 54.0 Å². The number of ether oxygens (including phenoxy) is 2. The van der Waals surface area contributed by atoms with Crippen LogP contribution >= 0.6 is 23.2 Å². The third-order valence-corrected chi connectivity index (χ3v) is 7.96. The molecular formula is C26H37Cl2N3O4Si. The normalized spacial score (nSPS) is 13.0. The smallest absolute Gasteiger partial charge is 0.410 e. The maximum Gasteiger partial charge on any atom is 0.410 e. The molecule has 1 amide bonds. The minimum Gasteiger partial charge on any atom is -0.491 e. The molecule has 2 rings (SSSR count). The molecule has 2 aromatic rings. The molecule has 1 aromatic carbocycles. The van der Waals surface area contributed by atoms with E-state index in [1.54, 1.807) is 14.0 Å². The second-order valence-corrected chi connectivity index (χ2v) is 13.1. The fraction of sp³-hybridized carbons (Fsp3) is 0.577. The van der Waals surface area contributed by atoms with Crippen LogP contribution in [0, 0.1) is 12.8 Å². The van der Waals surface area contributed by atoms with Gasteiger partial charge in [-0.05, 0) is 50.8 Å². The number of rotatable bonds is 10. The summed E-state index contributed by atoms with van der Waals surface area (Å²) in [6.07, 6.45) is -0.767. The summed E-state index contributed by atoms with van der Waals surface area (Å²) in [7, 11) is 1.93. The fourth-order valence-corrected chi connectivity index (χ4v) is 3.94. The Hall–Kier alpha value is -1.87. The highest BCUT2D eigenvalue weighted by Crippen LogP contribution is 2.33. The minimum atomic E-state index is -0.580. The summed E-state index contributed by atoms with van der Waals surface area (Å²) in [5, 5.41) is 0.608. The summed E-state index contributed by atoms with van der Waals surface area (Å²) < 4.78 is 17.9. The van der Waals surface area contributed by atoms with Crippen molar-refractivity contribution < 1.29 is 18.7 Å². The van der Waals surface area contributed by atoms with Crippen LogP contribution in [-0.2, 0) is 9.16 Å². The van der Waals surface area contributed by atoms with Gasteiger partial charge in [0.25, 0.3) is 0 Å². The van der Waals surface area contributed by atoms with Gasteiger partial charge in [0, 0.05) is 18.2 Å². The van der Waals surface area contributed by atoms with E-state index in [1.165, 1.54) is 4.90 Å². The van der Waals surface area contributed by atoms with E-state index in [0.717, 1.165) is 5.56 Å². The van der Waals surface area contributed by atoms with Gasteiger partial charge in [0.2, 0.25) is 9.76 Å². The van der Waals surface area contributed by atoms with Gasteiger partial charge in [-0.25, -0.2) is 14.8 Å². The van der Waals surface area contributed by atoms with E-state index in [9.17, 15) is 4.79 Å². The number of aromatic nitrogens is 2. The number of amides is 1. The van der Waals surface area contributed by atoms with E-state index in [2.05, 4.69) is 37.7 Å². The standard InChI is InChI=1S/C26H37Cl2N3O4Si/c1-16(2)26(7,8)36-35-20(14-31(9)24(32)34-25(4,5)6)15-33-19-12-10-11-18(13-19)23-29-21(27)17(3)22(28)30-23/h10-13,16,20H,14-15H2,1-9H3/t20-/m0/s1. The maximum absolute atomic E-state index is 12.5. The molecule has 0 aliphatic carbocycles. The molecule has 0 aliphatic rings. The Kier molecular flexibility index (Phi) is 10.6. The lowest BCUT2D eigenvalue weighted by atomic mass is 9.99. The quantitative estimate of drug-likeness (QED) is 0.236. The number of hydrogen-bond donors (Lipinski definition) is 0. The number of nitrogens with zero attached hydrogens (tertiary/aromatic N) is 3. The molecule has 7 nitrogen and oxygen atoms in total. The Bertz CT molecular complexity index is 1020. The Morgan fingerprint density at radius 2 is 1.72 bits per heavy atom. The summed E-state index contributed by atoms with van der Waals surface area (Å²) >= 11 is 12.4. The first kappa shape index (κ1) is 30.4. The number of likely N-dealkylation sites (N-methyl/N-ethyl adjacent to an activating group) is 1. The van der Waals surface area contributed by atoms with Gasteiger partial charge < -0.3 is 18.8 Å². The van der Waals surface area contributed by atoms with Gasteiger partial charge in [0.1, 0.15) is 28.3 Å². The highest BCUT2D eigenvalue weighted by atomic mass is 35.5. The maximum atomic E-state index is 12.5. The molecule has 0 N–H and O–H groups in total. The van der Waals surface area contributed by atoms with Crippen LogP contribution in [0.3, 0.4) is 0 Å². The molecule has 198 valence electrons. The van der Waals surface area contributed by atoms with Crippen LogP contribution < -0.4 is 4.74 Å². The molecule has 0 spiro atoms. The topological polar surface area (TPSA) is 73.8 Å². The second kappa shape index (κ2) is 12.6. The first-order valence-electron chi connectivity index (χ1n) is 11.9. The monoisotopic (exact) mass is 553 g/mol. The molecule has 1 heterocycles. The minimum absolute atomic E-state index is 0.00995. The molecule has 0 saturated carbocycles. The summed E-state index contributed by atoms with van der Waals surface area (Å²) in [5.41, 5.74) is 0.778. The zero-order valence-corrected chi connectivity index (χ0v) is 25.1. The Morgan fingerprint density at radius 3 is 2.28 bits per heavy atom. The molecule has 2 radical (unpaired) electrons. The van der Waals surface area contributed by atoms with Gasteiger partial charge in [-0.3, -0.25) is 0 Å². The molecule has 1 atom stereocenters. The molecule has 36 heavy (non-hydrogen) atoms. The van der Waals surface area contributed by atoms with E-state index in [4.69, 9.17) is 37.1 Å². The van der Waals surface area contributed by atoms with Crippen molar-refractivity contribution in [3.8, 4) is 17.1 Å². The van der Waals surface area contributed by atoms with Crippen LogP contribution in [-0.4, -0.2) is 62.6 Å². The first-order chi connectivity index (χ1) is 16.6. The van der Waals surface area contributed by atoms with Crippen LogP contribution in [0.5, 0.6) is 5.75 Å². The van der Waals surface area contributed by atoms with Crippen LogP contribution in [0.4, 0.5) is 4.79 Å². The van der Waals surface area contributed by atoms with Gasteiger partial charge in [-0.15, -0.1) is 0 Å². The third-order valence-electron chi connectivity index (χ3n) is 5.67. The molecular weight excluding hydrogens is 517 g/mol. The van der Waals surface area contributed by atoms with Gasteiger partial charge in [-0.2, -0.15) is 0 Å². The predicted molar refractivity (Wildman–Crippen MR) is 146 cm³/mol. The number of halogens is 2. The Morgan fingerprint density at radius 1 is 1.11 bits per heavy atom. The largest absolute Gasteiger partial charge is 0.491 e. The SMILES string of the molecule is Cc1c(Cl)nc(-c2cccc(OC[C@H](CN(C)C(=O)OC(C)(C)C)O[Si]C(C)(C)C(C)C)c2)nc1Cl. The summed E-state index contributed by atoms with van der Waals surface area (Å²) in [5.74, 6) is 1.47. The molecule has 10 heteroatoms. The fourth-order valence-electron chi connectivity index (χ4n) is 2.70. The van der Waals surface area contributed by atoms with Crippen LogP contribution in [0.15, 0.2) is 24.3 Å². The van der Waals surface area contributed by atoms with Gasteiger partial charge in [0.05, 0.1) is 12.6 Å². The van der Waals surface area contributed by atoms with Crippen molar-refractivity contribution in [3.05, 3.63) is 40.1 Å². The average molecular weight is 555 g/mol. The first-order valence-corrected chi connectivity index (χ1v) is 13.5. The van der Waals surface area contributed by atoms with Crippen LogP contribution in [0.2, 0.25) is 15.3 Å². The van der Waals surface area contributed by atoms with Crippen molar-refractivity contribution in [1.82, 2.24) is 14.9 Å². The van der Waals surface area contributed by atoms with Crippen molar-refractivity contribution in [3.63, 3.8) is 0 Å². The Balaban J connectivity index is 2.17. The molecule has 0 bridgehead atoms. The zero-order chi connectivity index (χ0) is 27.3. The molecule has 1 aromatic heterocycles. The lowest BCUT2D eigenvalue weighted by Gasteiger charge is -2.31. The Labute approximate surface area is 227 Å². The van der Waals surface area contributed by atoms with Crippen molar-refractivity contribution >= 4 is 39.1 Å². The lowest BCUT2D eigenvalue weighted by molar-refractivity contribution is 0.0187. The van der Waals surface area contributed by atoms with Crippen molar-refractivity contribution in [1.29, 1.82) is 0 Å². The van der Waals surface area contributed by atoms with E-state index in [-0.39, 0.29) is 27.5 Å². The van der Waals surface area contributed by atoms with E-state index >= 15 is 0 Å². The van der Waals surface area contributed by atoms with Crippen LogP contribution in [0.25, 0.3) is 11.4 Å². The van der Waals surface area contributed by atoms with Crippen molar-refractivity contribution in [2.75, 3.05) is 20.2 Å². The molecule has 0 saturated heterocycles. The summed E-state index contributed by atoms with van der Waals surface area (Å²) in [4.78, 5) is 22.7. The van der Waals surface area contributed by atoms with E-state index in [1.807, 2.05) is 45.0 Å². The van der Waals surface area contributed by atoms with Crippen molar-refractivity contribution in [2.45, 2.75) is 72.1 Å².